The number of hydrogen-bond donors (Lipinski definition) is 1. The molecule has 0 aromatic heterocycles. The van der Waals surface area contributed by atoms with Gasteiger partial charge in [0.1, 0.15) is 0 Å². The Kier molecular flexibility index (Phi) is 3.76. The zero-order chi connectivity index (χ0) is 9.68. The van der Waals surface area contributed by atoms with Crippen molar-refractivity contribution in [3.63, 3.8) is 0 Å². The lowest BCUT2D eigenvalue weighted by Crippen LogP contribution is -2.39. The van der Waals surface area contributed by atoms with Crippen molar-refractivity contribution in [2.24, 2.45) is 5.73 Å². The molecule has 4 nitrogen and oxygen atoms in total. The molecule has 4 heteroatoms. The summed E-state index contributed by atoms with van der Waals surface area (Å²) in [4.78, 5) is 13.0. The molecule has 2 N–H and O–H groups in total. The summed E-state index contributed by atoms with van der Waals surface area (Å²) < 4.78 is 5.19. The summed E-state index contributed by atoms with van der Waals surface area (Å²) >= 11 is 0. The largest absolute Gasteiger partial charge is 0.378 e. The number of nitrogens with zero attached hydrogens (tertiary/aromatic N) is 1. The van der Waals surface area contributed by atoms with Gasteiger partial charge in [-0.1, -0.05) is 13.0 Å². The van der Waals surface area contributed by atoms with Gasteiger partial charge in [0, 0.05) is 13.1 Å². The Labute approximate surface area is 78.3 Å². The fourth-order valence-corrected chi connectivity index (χ4v) is 1.38. The molecule has 1 fully saturated rings. The number of ether oxygens (including phenoxy) is 1. The minimum atomic E-state index is -0.344. The van der Waals surface area contributed by atoms with Crippen LogP contribution in [-0.4, -0.2) is 37.1 Å². The maximum atomic E-state index is 11.1. The second-order valence-corrected chi connectivity index (χ2v) is 2.96. The molecule has 0 atom stereocenters. The van der Waals surface area contributed by atoms with Gasteiger partial charge in [0.05, 0.1) is 18.9 Å². The van der Waals surface area contributed by atoms with Crippen molar-refractivity contribution in [2.45, 2.75) is 13.3 Å². The first kappa shape index (κ1) is 10.1. The Morgan fingerprint density at radius 3 is 2.62 bits per heavy atom. The summed E-state index contributed by atoms with van der Waals surface area (Å²) in [6.45, 7) is 4.86. The fraction of sp³-hybridized carbons (Fsp3) is 0.667. The van der Waals surface area contributed by atoms with Gasteiger partial charge in [-0.25, -0.2) is 0 Å². The lowest BCUT2D eigenvalue weighted by molar-refractivity contribution is -0.116. The maximum Gasteiger partial charge on any atom is 0.264 e. The van der Waals surface area contributed by atoms with E-state index in [1.807, 2.05) is 17.9 Å². The first-order chi connectivity index (χ1) is 6.25. The number of carbonyl (C=O) groups excluding carboxylic acids is 1. The van der Waals surface area contributed by atoms with Crippen LogP contribution in [0.15, 0.2) is 11.8 Å². The molecule has 0 aromatic carbocycles. The Balaban J connectivity index is 2.63. The van der Waals surface area contributed by atoms with Crippen LogP contribution in [0.1, 0.15) is 13.3 Å². The zero-order valence-corrected chi connectivity index (χ0v) is 7.95. The number of amides is 1. The molecule has 1 aliphatic heterocycles. The first-order valence-corrected chi connectivity index (χ1v) is 4.58. The Morgan fingerprint density at radius 1 is 1.54 bits per heavy atom. The highest BCUT2D eigenvalue weighted by atomic mass is 16.5. The van der Waals surface area contributed by atoms with Crippen LogP contribution >= 0.6 is 0 Å². The Morgan fingerprint density at radius 2 is 2.15 bits per heavy atom. The van der Waals surface area contributed by atoms with Gasteiger partial charge in [0.15, 0.2) is 0 Å². The third-order valence-corrected chi connectivity index (χ3v) is 2.00. The van der Waals surface area contributed by atoms with Crippen molar-refractivity contribution in [3.8, 4) is 0 Å². The van der Waals surface area contributed by atoms with Crippen molar-refractivity contribution >= 4 is 5.91 Å². The molecular weight excluding hydrogens is 168 g/mol. The Hall–Kier alpha value is -1.03. The van der Waals surface area contributed by atoms with Crippen molar-refractivity contribution in [2.75, 3.05) is 26.3 Å². The summed E-state index contributed by atoms with van der Waals surface area (Å²) in [6.07, 6.45) is 2.70. The van der Waals surface area contributed by atoms with E-state index in [9.17, 15) is 4.79 Å². The molecule has 13 heavy (non-hydrogen) atoms. The topological polar surface area (TPSA) is 55.6 Å². The van der Waals surface area contributed by atoms with Crippen molar-refractivity contribution in [1.82, 2.24) is 4.90 Å². The number of rotatable bonds is 3. The number of hydrogen-bond acceptors (Lipinski definition) is 3. The van der Waals surface area contributed by atoms with Crippen molar-refractivity contribution < 1.29 is 9.53 Å². The number of carbonyl (C=O) groups is 1. The van der Waals surface area contributed by atoms with Gasteiger partial charge in [-0.3, -0.25) is 4.79 Å². The SMILES string of the molecule is CC/C=C(\C(N)=O)N1CCOCC1. The van der Waals surface area contributed by atoms with Gasteiger partial charge in [0.25, 0.3) is 5.91 Å². The molecule has 74 valence electrons. The average Bonchev–Trinajstić information content (AvgIpc) is 2.15. The summed E-state index contributed by atoms with van der Waals surface area (Å²) in [5.74, 6) is -0.344. The third kappa shape index (κ3) is 2.73. The number of morpholine rings is 1. The van der Waals surface area contributed by atoms with Crippen LogP contribution in [0.2, 0.25) is 0 Å². The van der Waals surface area contributed by atoms with Crippen LogP contribution in [0.3, 0.4) is 0 Å². The molecule has 1 heterocycles. The van der Waals surface area contributed by atoms with E-state index in [4.69, 9.17) is 10.5 Å². The predicted octanol–water partition coefficient (Wildman–Crippen LogP) is 0.0978. The lowest BCUT2D eigenvalue weighted by atomic mass is 10.2. The van der Waals surface area contributed by atoms with E-state index in [0.29, 0.717) is 18.9 Å². The van der Waals surface area contributed by atoms with Crippen molar-refractivity contribution in [1.29, 1.82) is 0 Å². The molecule has 1 amide bonds. The molecule has 0 bridgehead atoms. The number of primary amides is 1. The van der Waals surface area contributed by atoms with Crippen molar-refractivity contribution in [3.05, 3.63) is 11.8 Å². The highest BCUT2D eigenvalue weighted by Gasteiger charge is 2.16. The van der Waals surface area contributed by atoms with E-state index < -0.39 is 0 Å². The standard InChI is InChI=1S/C9H16N2O2/c1-2-3-8(9(10)12)11-4-6-13-7-5-11/h3H,2,4-7H2,1H3,(H2,10,12)/b8-3+. The molecule has 0 spiro atoms. The average molecular weight is 184 g/mol. The van der Waals surface area contributed by atoms with E-state index in [1.54, 1.807) is 0 Å². The lowest BCUT2D eigenvalue weighted by Gasteiger charge is -2.29. The zero-order valence-electron chi connectivity index (χ0n) is 7.95. The van der Waals surface area contributed by atoms with E-state index in [-0.39, 0.29) is 5.91 Å². The minimum Gasteiger partial charge on any atom is -0.378 e. The van der Waals surface area contributed by atoms with Gasteiger partial charge in [-0.05, 0) is 6.42 Å². The van der Waals surface area contributed by atoms with Crippen LogP contribution < -0.4 is 5.73 Å². The molecule has 0 unspecified atom stereocenters. The monoisotopic (exact) mass is 184 g/mol. The summed E-state index contributed by atoms with van der Waals surface area (Å²) in [5, 5.41) is 0. The van der Waals surface area contributed by atoms with E-state index in [1.165, 1.54) is 0 Å². The van der Waals surface area contributed by atoms with Crippen LogP contribution in [0.25, 0.3) is 0 Å². The molecule has 1 saturated heterocycles. The van der Waals surface area contributed by atoms with Gasteiger partial charge in [-0.15, -0.1) is 0 Å². The van der Waals surface area contributed by atoms with E-state index in [2.05, 4.69) is 0 Å². The van der Waals surface area contributed by atoms with E-state index in [0.717, 1.165) is 19.5 Å². The second-order valence-electron chi connectivity index (χ2n) is 2.96. The van der Waals surface area contributed by atoms with Crippen LogP contribution in [0.5, 0.6) is 0 Å². The highest BCUT2D eigenvalue weighted by Crippen LogP contribution is 2.07. The van der Waals surface area contributed by atoms with Gasteiger partial charge in [0.2, 0.25) is 0 Å². The normalized spacial score (nSPS) is 18.8. The summed E-state index contributed by atoms with van der Waals surface area (Å²) in [5.41, 5.74) is 5.89. The predicted molar refractivity (Wildman–Crippen MR) is 50.0 cm³/mol. The Bertz CT molecular complexity index is 208. The molecule has 0 radical (unpaired) electrons. The number of allylic oxidation sites excluding steroid dienone is 1. The molecule has 1 rings (SSSR count). The van der Waals surface area contributed by atoms with Crippen LogP contribution in [-0.2, 0) is 9.53 Å². The number of nitrogens with two attached hydrogens (primary N) is 1. The molecule has 0 aliphatic carbocycles. The van der Waals surface area contributed by atoms with Crippen LogP contribution in [0.4, 0.5) is 0 Å². The van der Waals surface area contributed by atoms with Gasteiger partial charge in [-0.2, -0.15) is 0 Å². The van der Waals surface area contributed by atoms with Gasteiger partial charge < -0.3 is 15.4 Å². The molecular formula is C9H16N2O2. The smallest absolute Gasteiger partial charge is 0.264 e. The summed E-state index contributed by atoms with van der Waals surface area (Å²) in [7, 11) is 0. The molecule has 0 saturated carbocycles. The van der Waals surface area contributed by atoms with E-state index >= 15 is 0 Å². The molecule has 1 aliphatic rings. The summed E-state index contributed by atoms with van der Waals surface area (Å²) in [6, 6.07) is 0. The fourth-order valence-electron chi connectivity index (χ4n) is 1.38. The third-order valence-electron chi connectivity index (χ3n) is 2.00. The first-order valence-electron chi connectivity index (χ1n) is 4.58. The van der Waals surface area contributed by atoms with Crippen LogP contribution in [0, 0.1) is 0 Å². The quantitative estimate of drug-likeness (QED) is 0.633. The highest BCUT2D eigenvalue weighted by molar-refractivity contribution is 5.91. The minimum absolute atomic E-state index is 0.344. The second kappa shape index (κ2) is 4.87. The molecule has 0 aromatic rings. The maximum absolute atomic E-state index is 11.1. The van der Waals surface area contributed by atoms with Gasteiger partial charge >= 0.3 is 0 Å².